The van der Waals surface area contributed by atoms with Crippen LogP contribution in [0.3, 0.4) is 0 Å². The number of hydrogen-bond acceptors (Lipinski definition) is 3. The Bertz CT molecular complexity index is 549. The number of hydrogen-bond donors (Lipinski definition) is 1. The number of nitrogens with one attached hydrogen (secondary N) is 1. The minimum absolute atomic E-state index is 0.0295. The summed E-state index contributed by atoms with van der Waals surface area (Å²) in [6, 6.07) is 10.0. The summed E-state index contributed by atoms with van der Waals surface area (Å²) in [5.41, 5.74) is 1.74. The Morgan fingerprint density at radius 2 is 2.10 bits per heavy atom. The van der Waals surface area contributed by atoms with Crippen molar-refractivity contribution in [2.75, 3.05) is 11.9 Å². The highest BCUT2D eigenvalue weighted by Gasteiger charge is 2.06. The van der Waals surface area contributed by atoms with Crippen molar-refractivity contribution >= 4 is 11.6 Å². The number of carbonyl (C=O) groups excluding carboxylic acids is 1. The first-order valence-electron chi connectivity index (χ1n) is 6.61. The summed E-state index contributed by atoms with van der Waals surface area (Å²) in [4.78, 5) is 11.7. The van der Waals surface area contributed by atoms with Gasteiger partial charge in [0.05, 0.1) is 18.5 Å². The van der Waals surface area contributed by atoms with Crippen molar-refractivity contribution in [2.45, 2.75) is 26.5 Å². The van der Waals surface area contributed by atoms with Gasteiger partial charge in [-0.3, -0.25) is 9.48 Å². The number of rotatable bonds is 6. The summed E-state index contributed by atoms with van der Waals surface area (Å²) in [5, 5.41) is 6.91. The highest BCUT2D eigenvalue weighted by atomic mass is 16.5. The van der Waals surface area contributed by atoms with Crippen LogP contribution in [0.1, 0.15) is 25.5 Å². The number of carbonyl (C=O) groups is 1. The van der Waals surface area contributed by atoms with E-state index in [9.17, 15) is 4.79 Å². The number of benzene rings is 1. The average molecular weight is 273 g/mol. The summed E-state index contributed by atoms with van der Waals surface area (Å²) in [6.45, 7) is 4.52. The quantitative estimate of drug-likeness (QED) is 0.880. The maximum absolute atomic E-state index is 11.7. The van der Waals surface area contributed by atoms with Crippen LogP contribution in [0.15, 0.2) is 42.7 Å². The molecule has 5 heteroatoms. The first-order chi connectivity index (χ1) is 9.65. The Kier molecular flexibility index (Phi) is 4.90. The van der Waals surface area contributed by atoms with Gasteiger partial charge in [0.15, 0.2) is 0 Å². The largest absolute Gasteiger partial charge is 0.367 e. The molecule has 1 N–H and O–H groups in total. The Balaban J connectivity index is 1.75. The van der Waals surface area contributed by atoms with Gasteiger partial charge in [0.25, 0.3) is 0 Å². The highest BCUT2D eigenvalue weighted by Crippen LogP contribution is 2.09. The Hall–Kier alpha value is -2.14. The van der Waals surface area contributed by atoms with Gasteiger partial charge in [-0.25, -0.2) is 0 Å². The summed E-state index contributed by atoms with van der Waals surface area (Å²) in [6.07, 6.45) is 3.44. The molecule has 0 aliphatic rings. The van der Waals surface area contributed by atoms with Gasteiger partial charge in [-0.15, -0.1) is 0 Å². The Labute approximate surface area is 118 Å². The zero-order chi connectivity index (χ0) is 14.4. The normalized spacial score (nSPS) is 10.8. The van der Waals surface area contributed by atoms with Crippen LogP contribution in [0.25, 0.3) is 0 Å². The monoisotopic (exact) mass is 273 g/mol. The van der Waals surface area contributed by atoms with Crippen LogP contribution in [0, 0.1) is 0 Å². The van der Waals surface area contributed by atoms with Gasteiger partial charge in [0.1, 0.15) is 6.61 Å². The van der Waals surface area contributed by atoms with E-state index >= 15 is 0 Å². The molecule has 1 heterocycles. The molecule has 0 fully saturated rings. The first kappa shape index (κ1) is 14.3. The van der Waals surface area contributed by atoms with E-state index in [1.165, 1.54) is 0 Å². The summed E-state index contributed by atoms with van der Waals surface area (Å²) in [5.74, 6) is -0.177. The van der Waals surface area contributed by atoms with Crippen molar-refractivity contribution in [3.8, 4) is 0 Å². The van der Waals surface area contributed by atoms with Crippen molar-refractivity contribution in [3.63, 3.8) is 0 Å². The number of aromatic nitrogens is 2. The zero-order valence-corrected chi connectivity index (χ0v) is 11.7. The van der Waals surface area contributed by atoms with E-state index in [2.05, 4.69) is 10.4 Å². The molecule has 0 saturated carbocycles. The van der Waals surface area contributed by atoms with E-state index in [0.29, 0.717) is 12.3 Å². The van der Waals surface area contributed by atoms with Gasteiger partial charge in [-0.2, -0.15) is 5.10 Å². The number of nitrogens with zero attached hydrogens (tertiary/aromatic N) is 2. The van der Waals surface area contributed by atoms with E-state index in [-0.39, 0.29) is 18.6 Å². The van der Waals surface area contributed by atoms with Crippen LogP contribution in [0.2, 0.25) is 0 Å². The lowest BCUT2D eigenvalue weighted by Gasteiger charge is -2.05. The molecule has 5 nitrogen and oxygen atoms in total. The number of ether oxygens (including phenoxy) is 1. The molecule has 0 spiro atoms. The molecule has 1 aromatic carbocycles. The van der Waals surface area contributed by atoms with Crippen LogP contribution >= 0.6 is 0 Å². The zero-order valence-electron chi connectivity index (χ0n) is 11.7. The topological polar surface area (TPSA) is 56.2 Å². The number of anilines is 1. The predicted octanol–water partition coefficient (Wildman–Crippen LogP) is 2.62. The lowest BCUT2D eigenvalue weighted by molar-refractivity contribution is -0.121. The summed E-state index contributed by atoms with van der Waals surface area (Å²) in [7, 11) is 0. The summed E-state index contributed by atoms with van der Waals surface area (Å²) < 4.78 is 7.16. The maximum atomic E-state index is 11.7. The van der Waals surface area contributed by atoms with E-state index in [1.807, 2.05) is 44.2 Å². The fourth-order valence-electron chi connectivity index (χ4n) is 1.72. The molecule has 0 unspecified atom stereocenters. The van der Waals surface area contributed by atoms with Crippen LogP contribution in [-0.2, 0) is 16.1 Å². The van der Waals surface area contributed by atoms with Gasteiger partial charge < -0.3 is 10.1 Å². The lowest BCUT2D eigenvalue weighted by atomic mass is 10.2. The molecular weight excluding hydrogens is 254 g/mol. The van der Waals surface area contributed by atoms with Crippen molar-refractivity contribution in [1.82, 2.24) is 9.78 Å². The molecule has 0 atom stereocenters. The molecule has 1 aromatic heterocycles. The Morgan fingerprint density at radius 1 is 1.35 bits per heavy atom. The first-order valence-corrected chi connectivity index (χ1v) is 6.61. The van der Waals surface area contributed by atoms with Crippen LogP contribution < -0.4 is 5.32 Å². The second-order valence-corrected chi connectivity index (χ2v) is 4.83. The van der Waals surface area contributed by atoms with E-state index in [4.69, 9.17) is 4.74 Å². The smallest absolute Gasteiger partial charge is 0.250 e. The molecule has 0 saturated heterocycles. The molecule has 2 aromatic rings. The van der Waals surface area contributed by atoms with Crippen LogP contribution in [-0.4, -0.2) is 22.3 Å². The van der Waals surface area contributed by atoms with Crippen molar-refractivity contribution in [3.05, 3.63) is 48.3 Å². The molecule has 0 radical (unpaired) electrons. The molecule has 2 rings (SSSR count). The van der Waals surface area contributed by atoms with Gasteiger partial charge in [0, 0.05) is 12.2 Å². The molecule has 0 aliphatic heterocycles. The third-order valence-electron chi connectivity index (χ3n) is 2.76. The average Bonchev–Trinajstić information content (AvgIpc) is 2.88. The third kappa shape index (κ3) is 4.20. The van der Waals surface area contributed by atoms with Gasteiger partial charge in [-0.1, -0.05) is 30.3 Å². The Morgan fingerprint density at radius 3 is 2.75 bits per heavy atom. The summed E-state index contributed by atoms with van der Waals surface area (Å²) >= 11 is 0. The molecular formula is C15H19N3O2. The lowest BCUT2D eigenvalue weighted by Crippen LogP contribution is -2.17. The fraction of sp³-hybridized carbons (Fsp3) is 0.333. The van der Waals surface area contributed by atoms with Crippen molar-refractivity contribution < 1.29 is 9.53 Å². The minimum atomic E-state index is -0.177. The van der Waals surface area contributed by atoms with E-state index in [0.717, 1.165) is 5.56 Å². The van der Waals surface area contributed by atoms with Crippen LogP contribution in [0.5, 0.6) is 0 Å². The van der Waals surface area contributed by atoms with Crippen LogP contribution in [0.4, 0.5) is 5.69 Å². The number of amides is 1. The predicted molar refractivity (Wildman–Crippen MR) is 77.3 cm³/mol. The van der Waals surface area contributed by atoms with E-state index in [1.54, 1.807) is 17.1 Å². The maximum Gasteiger partial charge on any atom is 0.250 e. The van der Waals surface area contributed by atoms with Gasteiger partial charge in [0.2, 0.25) is 5.91 Å². The van der Waals surface area contributed by atoms with Gasteiger partial charge >= 0.3 is 0 Å². The van der Waals surface area contributed by atoms with Crippen molar-refractivity contribution in [2.24, 2.45) is 0 Å². The second kappa shape index (κ2) is 6.86. The molecule has 0 bridgehead atoms. The standard InChI is InChI=1S/C15H19N3O2/c1-12(2)18-9-14(8-16-18)17-15(19)11-20-10-13-6-4-3-5-7-13/h3-9,12H,10-11H2,1-2H3,(H,17,19). The third-order valence-corrected chi connectivity index (χ3v) is 2.76. The minimum Gasteiger partial charge on any atom is -0.367 e. The molecule has 1 amide bonds. The second-order valence-electron chi connectivity index (χ2n) is 4.83. The van der Waals surface area contributed by atoms with Crippen molar-refractivity contribution in [1.29, 1.82) is 0 Å². The molecule has 106 valence electrons. The van der Waals surface area contributed by atoms with E-state index < -0.39 is 0 Å². The fourth-order valence-corrected chi connectivity index (χ4v) is 1.72. The molecule has 20 heavy (non-hydrogen) atoms. The SMILES string of the molecule is CC(C)n1cc(NC(=O)COCc2ccccc2)cn1. The van der Waals surface area contributed by atoms with Gasteiger partial charge in [-0.05, 0) is 19.4 Å². The highest BCUT2D eigenvalue weighted by molar-refractivity contribution is 5.91. The molecule has 0 aliphatic carbocycles.